The van der Waals surface area contributed by atoms with E-state index < -0.39 is 0 Å². The lowest BCUT2D eigenvalue weighted by molar-refractivity contribution is 0.280. The van der Waals surface area contributed by atoms with Crippen molar-refractivity contribution in [2.75, 3.05) is 5.43 Å². The third-order valence-corrected chi connectivity index (χ3v) is 3.79. The molecule has 0 radical (unpaired) electrons. The van der Waals surface area contributed by atoms with E-state index in [4.69, 9.17) is 15.7 Å². The molecule has 0 amide bonds. The highest BCUT2D eigenvalue weighted by atomic mass is 32.1. The minimum Gasteiger partial charge on any atom is -0.486 e. The molecule has 0 saturated carbocycles. The summed E-state index contributed by atoms with van der Waals surface area (Å²) in [4.78, 5) is 9.64. The Kier molecular flexibility index (Phi) is 3.96. The first-order valence-electron chi connectivity index (χ1n) is 6.33. The summed E-state index contributed by atoms with van der Waals surface area (Å²) in [7, 11) is 0. The molecule has 0 saturated heterocycles. The fraction of sp³-hybridized carbons (Fsp3) is 0.143. The number of benzene rings is 1. The molecule has 0 spiro atoms. The summed E-state index contributed by atoms with van der Waals surface area (Å²) in [6.45, 7) is 0.269. The van der Waals surface area contributed by atoms with Crippen LogP contribution in [0.2, 0.25) is 0 Å². The third kappa shape index (κ3) is 2.94. The molecule has 0 aliphatic heterocycles. The number of nitrogens with two attached hydrogens (primary N) is 1. The summed E-state index contributed by atoms with van der Waals surface area (Å²) in [5.41, 5.74) is 3.42. The number of aromatic nitrogens is 2. The number of fused-ring (bicyclic) bond motifs is 1. The first-order valence-corrected chi connectivity index (χ1v) is 7.21. The summed E-state index contributed by atoms with van der Waals surface area (Å²) in [5, 5.41) is 11.8. The van der Waals surface area contributed by atoms with Crippen molar-refractivity contribution in [1.29, 1.82) is 0 Å². The van der Waals surface area contributed by atoms with Crippen LogP contribution in [0.5, 0.6) is 5.75 Å². The number of nitrogens with zero attached hydrogens (tertiary/aromatic N) is 2. The van der Waals surface area contributed by atoms with Crippen LogP contribution >= 0.6 is 11.3 Å². The fourth-order valence-electron chi connectivity index (χ4n) is 1.91. The maximum atomic E-state index is 9.00. The van der Waals surface area contributed by atoms with E-state index in [1.54, 1.807) is 12.1 Å². The molecule has 0 aliphatic carbocycles. The van der Waals surface area contributed by atoms with Crippen LogP contribution in [0, 0.1) is 0 Å². The smallest absolute Gasteiger partial charge is 0.169 e. The van der Waals surface area contributed by atoms with Gasteiger partial charge in [0.15, 0.2) is 11.6 Å². The Bertz CT molecular complexity index is 742. The first-order chi connectivity index (χ1) is 10.3. The zero-order chi connectivity index (χ0) is 14.7. The quantitative estimate of drug-likeness (QED) is 0.493. The van der Waals surface area contributed by atoms with Crippen molar-refractivity contribution in [2.45, 2.75) is 13.2 Å². The normalized spacial score (nSPS) is 10.8. The molecule has 6 nitrogen and oxygen atoms in total. The summed E-state index contributed by atoms with van der Waals surface area (Å²) in [6.07, 6.45) is 0. The standard InChI is InChI=1S/C14H14N4O2S/c15-18-13-11-5-6-21-14(11)17-12(16-13)8-20-10-3-1-9(7-19)2-4-10/h1-6,19H,7-8,15H2,(H,16,17,18). The van der Waals surface area contributed by atoms with Crippen molar-refractivity contribution in [3.63, 3.8) is 0 Å². The largest absolute Gasteiger partial charge is 0.486 e. The second-order valence-electron chi connectivity index (χ2n) is 4.36. The molecule has 4 N–H and O–H groups in total. The molecule has 0 atom stereocenters. The molecule has 0 aliphatic rings. The number of nitrogens with one attached hydrogen (secondary N) is 1. The van der Waals surface area contributed by atoms with Crippen LogP contribution < -0.4 is 16.0 Å². The lowest BCUT2D eigenvalue weighted by Gasteiger charge is -2.08. The monoisotopic (exact) mass is 302 g/mol. The number of ether oxygens (including phenoxy) is 1. The molecule has 21 heavy (non-hydrogen) atoms. The van der Waals surface area contributed by atoms with Gasteiger partial charge >= 0.3 is 0 Å². The molecule has 0 fully saturated rings. The number of hydrazine groups is 1. The molecular weight excluding hydrogens is 288 g/mol. The van der Waals surface area contributed by atoms with Crippen molar-refractivity contribution >= 4 is 27.4 Å². The Hall–Kier alpha value is -2.22. The van der Waals surface area contributed by atoms with Crippen molar-refractivity contribution in [3.8, 4) is 5.75 Å². The van der Waals surface area contributed by atoms with Gasteiger partial charge in [-0.15, -0.1) is 11.3 Å². The van der Waals surface area contributed by atoms with Crippen molar-refractivity contribution in [3.05, 3.63) is 47.1 Å². The summed E-state index contributed by atoms with van der Waals surface area (Å²) < 4.78 is 5.65. The van der Waals surface area contributed by atoms with Crippen molar-refractivity contribution in [2.24, 2.45) is 5.84 Å². The minimum atomic E-state index is 0.0178. The lowest BCUT2D eigenvalue weighted by Crippen LogP contribution is -2.11. The van der Waals surface area contributed by atoms with Crippen LogP contribution in [0.3, 0.4) is 0 Å². The number of aliphatic hydroxyl groups is 1. The number of rotatable bonds is 5. The minimum absolute atomic E-state index is 0.0178. The maximum absolute atomic E-state index is 9.00. The number of aliphatic hydroxyl groups excluding tert-OH is 1. The summed E-state index contributed by atoms with van der Waals surface area (Å²) >= 11 is 1.53. The lowest BCUT2D eigenvalue weighted by atomic mass is 10.2. The highest BCUT2D eigenvalue weighted by molar-refractivity contribution is 7.16. The van der Waals surface area contributed by atoms with Gasteiger partial charge < -0.3 is 15.3 Å². The average Bonchev–Trinajstić information content (AvgIpc) is 3.01. The van der Waals surface area contributed by atoms with E-state index >= 15 is 0 Å². The number of anilines is 1. The Morgan fingerprint density at radius 2 is 2.00 bits per heavy atom. The molecular formula is C14H14N4O2S. The molecule has 0 bridgehead atoms. The molecule has 108 valence electrons. The van der Waals surface area contributed by atoms with Gasteiger partial charge in [0, 0.05) is 0 Å². The van der Waals surface area contributed by atoms with Crippen LogP contribution in [0.15, 0.2) is 35.7 Å². The Morgan fingerprint density at radius 1 is 1.19 bits per heavy atom. The van der Waals surface area contributed by atoms with E-state index in [0.717, 1.165) is 15.8 Å². The predicted molar refractivity (Wildman–Crippen MR) is 81.9 cm³/mol. The van der Waals surface area contributed by atoms with Gasteiger partial charge in [0.05, 0.1) is 12.0 Å². The molecule has 7 heteroatoms. The van der Waals surface area contributed by atoms with Gasteiger partial charge in [-0.25, -0.2) is 15.8 Å². The molecule has 2 heterocycles. The average molecular weight is 302 g/mol. The second kappa shape index (κ2) is 6.04. The topological polar surface area (TPSA) is 93.3 Å². The predicted octanol–water partition coefficient (Wildman–Crippen LogP) is 2.05. The Labute approximate surface area is 125 Å². The number of hydrogen-bond acceptors (Lipinski definition) is 7. The molecule has 0 unspecified atom stereocenters. The first kappa shape index (κ1) is 13.7. The van der Waals surface area contributed by atoms with Crippen LogP contribution in [0.1, 0.15) is 11.4 Å². The van der Waals surface area contributed by atoms with Crippen molar-refractivity contribution < 1.29 is 9.84 Å². The summed E-state index contributed by atoms with van der Waals surface area (Å²) in [5.74, 6) is 7.33. The zero-order valence-electron chi connectivity index (χ0n) is 11.1. The van der Waals surface area contributed by atoms with E-state index in [1.807, 2.05) is 23.6 Å². The van der Waals surface area contributed by atoms with E-state index in [9.17, 15) is 0 Å². The molecule has 3 aromatic rings. The highest BCUT2D eigenvalue weighted by Gasteiger charge is 2.08. The van der Waals surface area contributed by atoms with E-state index in [0.29, 0.717) is 17.4 Å². The molecule has 3 rings (SSSR count). The third-order valence-electron chi connectivity index (χ3n) is 2.98. The fourth-order valence-corrected chi connectivity index (χ4v) is 2.70. The summed E-state index contributed by atoms with van der Waals surface area (Å²) in [6, 6.07) is 9.15. The van der Waals surface area contributed by atoms with Gasteiger partial charge in [-0.2, -0.15) is 0 Å². The van der Waals surface area contributed by atoms with Crippen LogP contribution in [0.4, 0.5) is 5.82 Å². The highest BCUT2D eigenvalue weighted by Crippen LogP contribution is 2.24. The SMILES string of the molecule is NNc1nc(COc2ccc(CO)cc2)nc2sccc12. The van der Waals surface area contributed by atoms with Gasteiger partial charge in [0.1, 0.15) is 17.2 Å². The zero-order valence-corrected chi connectivity index (χ0v) is 11.9. The van der Waals surface area contributed by atoms with Gasteiger partial charge in [-0.1, -0.05) is 12.1 Å². The molecule has 1 aromatic carbocycles. The van der Waals surface area contributed by atoms with Gasteiger partial charge in [-0.05, 0) is 29.1 Å². The number of thiophene rings is 1. The maximum Gasteiger partial charge on any atom is 0.169 e. The van der Waals surface area contributed by atoms with Crippen LogP contribution in [0.25, 0.3) is 10.2 Å². The van der Waals surface area contributed by atoms with E-state index in [2.05, 4.69) is 15.4 Å². The van der Waals surface area contributed by atoms with E-state index in [-0.39, 0.29) is 13.2 Å². The van der Waals surface area contributed by atoms with E-state index in [1.165, 1.54) is 11.3 Å². The van der Waals surface area contributed by atoms with Gasteiger partial charge in [-0.3, -0.25) is 0 Å². The van der Waals surface area contributed by atoms with Gasteiger partial charge in [0.2, 0.25) is 0 Å². The number of nitrogen functional groups attached to an aromatic ring is 1. The number of hydrogen-bond donors (Lipinski definition) is 3. The van der Waals surface area contributed by atoms with Crippen molar-refractivity contribution in [1.82, 2.24) is 9.97 Å². The van der Waals surface area contributed by atoms with Crippen LogP contribution in [-0.4, -0.2) is 15.1 Å². The second-order valence-corrected chi connectivity index (χ2v) is 5.26. The molecule has 2 aromatic heterocycles. The Balaban J connectivity index is 1.77. The Morgan fingerprint density at radius 3 is 2.71 bits per heavy atom. The van der Waals surface area contributed by atoms with Crippen LogP contribution in [-0.2, 0) is 13.2 Å². The van der Waals surface area contributed by atoms with Gasteiger partial charge in [0.25, 0.3) is 0 Å².